The van der Waals surface area contributed by atoms with E-state index in [0.29, 0.717) is 11.4 Å². The van der Waals surface area contributed by atoms with Crippen molar-refractivity contribution < 1.29 is 4.79 Å². The van der Waals surface area contributed by atoms with Gasteiger partial charge in [0.15, 0.2) is 11.0 Å². The molecule has 0 atom stereocenters. The molecule has 0 aliphatic heterocycles. The zero-order valence-corrected chi connectivity index (χ0v) is 13.9. The van der Waals surface area contributed by atoms with Gasteiger partial charge in [0.05, 0.1) is 5.75 Å². The Labute approximate surface area is 134 Å². The van der Waals surface area contributed by atoms with E-state index in [1.54, 1.807) is 0 Å². The van der Waals surface area contributed by atoms with E-state index < -0.39 is 0 Å². The predicted octanol–water partition coefficient (Wildman–Crippen LogP) is 2.02. The lowest BCUT2D eigenvalue weighted by atomic mass is 10.2. The Balaban J connectivity index is 2.08. The van der Waals surface area contributed by atoms with E-state index in [2.05, 4.69) is 10.2 Å². The second kappa shape index (κ2) is 7.31. The molecule has 1 aromatic carbocycles. The average molecular weight is 319 g/mol. The number of nitrogens with zero attached hydrogens (tertiary/aromatic N) is 4. The lowest BCUT2D eigenvalue weighted by molar-refractivity contribution is -0.127. The molecule has 2 aromatic rings. The number of aromatic nitrogens is 3. The van der Waals surface area contributed by atoms with Crippen molar-refractivity contribution in [2.45, 2.75) is 19.0 Å². The van der Waals surface area contributed by atoms with Crippen LogP contribution in [-0.4, -0.2) is 44.4 Å². The van der Waals surface area contributed by atoms with Crippen LogP contribution >= 0.6 is 11.8 Å². The third-order valence-corrected chi connectivity index (χ3v) is 4.45. The van der Waals surface area contributed by atoms with Gasteiger partial charge >= 0.3 is 0 Å². The first-order chi connectivity index (χ1) is 10.6. The maximum atomic E-state index is 12.0. The summed E-state index contributed by atoms with van der Waals surface area (Å²) in [5.74, 6) is 1.25. The van der Waals surface area contributed by atoms with Gasteiger partial charge in [0.2, 0.25) is 5.91 Å². The molecule has 6 nitrogen and oxygen atoms in total. The first kappa shape index (κ1) is 16.4. The van der Waals surface area contributed by atoms with Gasteiger partial charge in [0, 0.05) is 31.4 Å². The molecule has 1 aromatic heterocycles. The van der Waals surface area contributed by atoms with Crippen molar-refractivity contribution in [3.63, 3.8) is 0 Å². The van der Waals surface area contributed by atoms with E-state index in [0.717, 1.165) is 29.6 Å². The van der Waals surface area contributed by atoms with E-state index in [1.807, 2.05) is 54.6 Å². The number of amides is 1. The van der Waals surface area contributed by atoms with Crippen molar-refractivity contribution >= 4 is 23.4 Å². The number of nitrogens with two attached hydrogens (primary N) is 1. The summed E-state index contributed by atoms with van der Waals surface area (Å²) in [5, 5.41) is 9.11. The fourth-order valence-corrected chi connectivity index (χ4v) is 2.93. The van der Waals surface area contributed by atoms with Crippen LogP contribution in [0.15, 0.2) is 29.4 Å². The first-order valence-corrected chi connectivity index (χ1v) is 8.21. The number of nitrogen functional groups attached to an aromatic ring is 1. The van der Waals surface area contributed by atoms with Gasteiger partial charge in [-0.15, -0.1) is 10.2 Å². The normalized spacial score (nSPS) is 10.7. The number of carbonyl (C=O) groups is 1. The largest absolute Gasteiger partial charge is 0.399 e. The maximum Gasteiger partial charge on any atom is 0.233 e. The maximum absolute atomic E-state index is 12.0. The minimum Gasteiger partial charge on any atom is -0.399 e. The van der Waals surface area contributed by atoms with Crippen molar-refractivity contribution in [1.29, 1.82) is 0 Å². The van der Waals surface area contributed by atoms with Gasteiger partial charge in [-0.1, -0.05) is 11.8 Å². The van der Waals surface area contributed by atoms with Crippen LogP contribution in [0.2, 0.25) is 0 Å². The summed E-state index contributed by atoms with van der Waals surface area (Å²) in [6, 6.07) is 7.49. The standard InChI is InChI=1S/C15H21N5OS/c1-4-20(5-2)13(21)10-22-15-18-17-14(19(15)3)11-6-8-12(16)9-7-11/h6-9H,4-5,10,16H2,1-3H3. The van der Waals surface area contributed by atoms with Crippen LogP contribution < -0.4 is 5.73 Å². The monoisotopic (exact) mass is 319 g/mol. The van der Waals surface area contributed by atoms with Gasteiger partial charge < -0.3 is 15.2 Å². The van der Waals surface area contributed by atoms with Crippen molar-refractivity contribution in [2.75, 3.05) is 24.6 Å². The molecule has 0 aliphatic rings. The Morgan fingerprint density at radius 3 is 2.45 bits per heavy atom. The lowest BCUT2D eigenvalue weighted by Crippen LogP contribution is -2.31. The Bertz CT molecular complexity index is 634. The molecule has 22 heavy (non-hydrogen) atoms. The molecule has 2 N–H and O–H groups in total. The molecular formula is C15H21N5OS. The van der Waals surface area contributed by atoms with E-state index in [-0.39, 0.29) is 5.91 Å². The molecular weight excluding hydrogens is 298 g/mol. The number of rotatable bonds is 6. The van der Waals surface area contributed by atoms with E-state index >= 15 is 0 Å². The SMILES string of the molecule is CCN(CC)C(=O)CSc1nnc(-c2ccc(N)cc2)n1C. The molecule has 118 valence electrons. The summed E-state index contributed by atoms with van der Waals surface area (Å²) >= 11 is 1.41. The van der Waals surface area contributed by atoms with Crippen LogP contribution in [0.1, 0.15) is 13.8 Å². The fraction of sp³-hybridized carbons (Fsp3) is 0.400. The molecule has 7 heteroatoms. The number of hydrogen-bond donors (Lipinski definition) is 1. The van der Waals surface area contributed by atoms with Crippen LogP contribution in [0, 0.1) is 0 Å². The highest BCUT2D eigenvalue weighted by molar-refractivity contribution is 7.99. The van der Waals surface area contributed by atoms with Crippen LogP contribution in [0.3, 0.4) is 0 Å². The first-order valence-electron chi connectivity index (χ1n) is 7.22. The smallest absolute Gasteiger partial charge is 0.233 e. The third-order valence-electron chi connectivity index (χ3n) is 3.44. The second-order valence-electron chi connectivity index (χ2n) is 4.84. The van der Waals surface area contributed by atoms with Crippen LogP contribution in [0.5, 0.6) is 0 Å². The van der Waals surface area contributed by atoms with E-state index in [1.165, 1.54) is 11.8 Å². The van der Waals surface area contributed by atoms with Gasteiger partial charge in [-0.25, -0.2) is 0 Å². The van der Waals surface area contributed by atoms with Crippen molar-refractivity contribution in [2.24, 2.45) is 7.05 Å². The summed E-state index contributed by atoms with van der Waals surface area (Å²) in [7, 11) is 1.90. The molecule has 0 fully saturated rings. The third kappa shape index (κ3) is 3.59. The minimum atomic E-state index is 0.118. The molecule has 1 heterocycles. The molecule has 0 radical (unpaired) electrons. The van der Waals surface area contributed by atoms with Gasteiger partial charge in [-0.2, -0.15) is 0 Å². The zero-order valence-electron chi connectivity index (χ0n) is 13.1. The van der Waals surface area contributed by atoms with E-state index in [4.69, 9.17) is 5.73 Å². The summed E-state index contributed by atoms with van der Waals surface area (Å²) < 4.78 is 1.89. The number of hydrogen-bond acceptors (Lipinski definition) is 5. The minimum absolute atomic E-state index is 0.118. The highest BCUT2D eigenvalue weighted by Crippen LogP contribution is 2.23. The lowest BCUT2D eigenvalue weighted by Gasteiger charge is -2.17. The highest BCUT2D eigenvalue weighted by atomic mass is 32.2. The summed E-state index contributed by atoms with van der Waals surface area (Å²) in [5.41, 5.74) is 7.36. The fourth-order valence-electron chi connectivity index (χ4n) is 2.12. The number of carbonyl (C=O) groups excluding carboxylic acids is 1. The van der Waals surface area contributed by atoms with Crippen LogP contribution in [0.25, 0.3) is 11.4 Å². The Hall–Kier alpha value is -2.02. The molecule has 0 aliphatic carbocycles. The molecule has 0 unspecified atom stereocenters. The topological polar surface area (TPSA) is 77.0 Å². The molecule has 0 bridgehead atoms. The van der Waals surface area contributed by atoms with Gasteiger partial charge in [-0.05, 0) is 38.1 Å². The number of thioether (sulfide) groups is 1. The van der Waals surface area contributed by atoms with Crippen LogP contribution in [-0.2, 0) is 11.8 Å². The summed E-state index contributed by atoms with van der Waals surface area (Å²) in [4.78, 5) is 13.8. The summed E-state index contributed by atoms with van der Waals surface area (Å²) in [6.45, 7) is 5.41. The Morgan fingerprint density at radius 1 is 1.23 bits per heavy atom. The summed E-state index contributed by atoms with van der Waals surface area (Å²) in [6.07, 6.45) is 0. The Kier molecular flexibility index (Phi) is 5.43. The molecule has 1 amide bonds. The number of benzene rings is 1. The van der Waals surface area contributed by atoms with Crippen molar-refractivity contribution in [1.82, 2.24) is 19.7 Å². The zero-order chi connectivity index (χ0) is 16.1. The molecule has 0 spiro atoms. The average Bonchev–Trinajstić information content (AvgIpc) is 2.88. The van der Waals surface area contributed by atoms with Gasteiger partial charge in [-0.3, -0.25) is 4.79 Å². The molecule has 0 saturated heterocycles. The van der Waals surface area contributed by atoms with Crippen molar-refractivity contribution in [3.8, 4) is 11.4 Å². The second-order valence-corrected chi connectivity index (χ2v) is 5.78. The van der Waals surface area contributed by atoms with Crippen LogP contribution in [0.4, 0.5) is 5.69 Å². The Morgan fingerprint density at radius 2 is 1.86 bits per heavy atom. The molecule has 2 rings (SSSR count). The molecule has 0 saturated carbocycles. The number of anilines is 1. The van der Waals surface area contributed by atoms with Gasteiger partial charge in [0.25, 0.3) is 0 Å². The van der Waals surface area contributed by atoms with Gasteiger partial charge in [0.1, 0.15) is 0 Å². The quantitative estimate of drug-likeness (QED) is 0.651. The highest BCUT2D eigenvalue weighted by Gasteiger charge is 2.15. The van der Waals surface area contributed by atoms with E-state index in [9.17, 15) is 4.79 Å². The van der Waals surface area contributed by atoms with Crippen molar-refractivity contribution in [3.05, 3.63) is 24.3 Å². The predicted molar refractivity (Wildman–Crippen MR) is 89.5 cm³/mol.